The molecule has 0 aliphatic heterocycles. The van der Waals surface area contributed by atoms with E-state index in [1.807, 2.05) is 0 Å². The van der Waals surface area contributed by atoms with E-state index in [2.05, 4.69) is 34.3 Å². The summed E-state index contributed by atoms with van der Waals surface area (Å²) in [5, 5.41) is 9.13. The summed E-state index contributed by atoms with van der Waals surface area (Å²) in [6, 6.07) is 0. The standard InChI is InChI=1S/C11H18N4O/c1-11(2)6-4-3-5-8(11)9(16)14-10-12-7-13-15-10/h7-8H,3-6H2,1-2H3,(H2,12,13,14,15,16). The fourth-order valence-corrected chi connectivity index (χ4v) is 2.45. The number of amides is 1. The lowest BCUT2D eigenvalue weighted by atomic mass is 9.68. The summed E-state index contributed by atoms with van der Waals surface area (Å²) in [7, 11) is 0. The second kappa shape index (κ2) is 4.23. The van der Waals surface area contributed by atoms with Gasteiger partial charge in [0.25, 0.3) is 0 Å². The van der Waals surface area contributed by atoms with Crippen LogP contribution in [0.5, 0.6) is 0 Å². The molecule has 0 aromatic carbocycles. The minimum atomic E-state index is 0.0569. The van der Waals surface area contributed by atoms with Crippen LogP contribution in [0.3, 0.4) is 0 Å². The molecule has 1 aliphatic carbocycles. The van der Waals surface area contributed by atoms with Crippen LogP contribution in [0.4, 0.5) is 5.95 Å². The summed E-state index contributed by atoms with van der Waals surface area (Å²) in [4.78, 5) is 16.0. The van der Waals surface area contributed by atoms with Crippen LogP contribution in [0.15, 0.2) is 6.33 Å². The number of hydrogen-bond donors (Lipinski definition) is 2. The van der Waals surface area contributed by atoms with Crippen LogP contribution in [-0.4, -0.2) is 21.1 Å². The van der Waals surface area contributed by atoms with E-state index in [1.54, 1.807) is 0 Å². The first-order chi connectivity index (χ1) is 7.59. The zero-order chi connectivity index (χ0) is 11.6. The van der Waals surface area contributed by atoms with E-state index in [9.17, 15) is 4.79 Å². The van der Waals surface area contributed by atoms with Gasteiger partial charge in [-0.3, -0.25) is 10.1 Å². The van der Waals surface area contributed by atoms with E-state index in [4.69, 9.17) is 0 Å². The lowest BCUT2D eigenvalue weighted by molar-refractivity contribution is -0.124. The van der Waals surface area contributed by atoms with Gasteiger partial charge >= 0.3 is 0 Å². The number of H-pyrrole nitrogens is 1. The number of aromatic amines is 1. The molecule has 0 saturated heterocycles. The molecule has 16 heavy (non-hydrogen) atoms. The van der Waals surface area contributed by atoms with Crippen molar-refractivity contribution in [3.05, 3.63) is 6.33 Å². The Hall–Kier alpha value is -1.39. The molecule has 5 heteroatoms. The minimum absolute atomic E-state index is 0.0569. The van der Waals surface area contributed by atoms with E-state index < -0.39 is 0 Å². The second-order valence-electron chi connectivity index (χ2n) is 5.11. The van der Waals surface area contributed by atoms with Gasteiger partial charge in [0.2, 0.25) is 11.9 Å². The van der Waals surface area contributed by atoms with Gasteiger partial charge in [-0.15, -0.1) is 0 Å². The lowest BCUT2D eigenvalue weighted by Crippen LogP contribution is -2.37. The van der Waals surface area contributed by atoms with E-state index in [0.29, 0.717) is 5.95 Å². The number of rotatable bonds is 2. The van der Waals surface area contributed by atoms with Crippen molar-refractivity contribution < 1.29 is 4.79 Å². The molecular weight excluding hydrogens is 204 g/mol. The van der Waals surface area contributed by atoms with Crippen molar-refractivity contribution in [1.29, 1.82) is 0 Å². The van der Waals surface area contributed by atoms with Gasteiger partial charge in [-0.1, -0.05) is 26.7 Å². The van der Waals surface area contributed by atoms with Crippen molar-refractivity contribution in [1.82, 2.24) is 15.2 Å². The van der Waals surface area contributed by atoms with Gasteiger partial charge < -0.3 is 0 Å². The Morgan fingerprint density at radius 1 is 1.56 bits per heavy atom. The highest BCUT2D eigenvalue weighted by Crippen LogP contribution is 2.40. The van der Waals surface area contributed by atoms with Crippen molar-refractivity contribution in [2.24, 2.45) is 11.3 Å². The van der Waals surface area contributed by atoms with Crippen LogP contribution >= 0.6 is 0 Å². The van der Waals surface area contributed by atoms with Gasteiger partial charge in [0.05, 0.1) is 0 Å². The molecule has 1 aliphatic rings. The van der Waals surface area contributed by atoms with Crippen LogP contribution in [0.2, 0.25) is 0 Å². The van der Waals surface area contributed by atoms with Crippen molar-refractivity contribution in [2.75, 3.05) is 5.32 Å². The van der Waals surface area contributed by atoms with Crippen molar-refractivity contribution in [3.8, 4) is 0 Å². The Morgan fingerprint density at radius 2 is 2.38 bits per heavy atom. The summed E-state index contributed by atoms with van der Waals surface area (Å²) in [5.74, 6) is 0.569. The number of aromatic nitrogens is 3. The number of anilines is 1. The molecule has 1 aromatic heterocycles. The third-order valence-corrected chi connectivity index (χ3v) is 3.48. The highest BCUT2D eigenvalue weighted by atomic mass is 16.2. The van der Waals surface area contributed by atoms with Gasteiger partial charge in [-0.25, -0.2) is 5.10 Å². The van der Waals surface area contributed by atoms with Crippen LogP contribution in [-0.2, 0) is 4.79 Å². The molecule has 1 saturated carbocycles. The molecular formula is C11H18N4O. The van der Waals surface area contributed by atoms with Crippen LogP contribution < -0.4 is 5.32 Å². The maximum absolute atomic E-state index is 12.1. The van der Waals surface area contributed by atoms with Crippen molar-refractivity contribution in [3.63, 3.8) is 0 Å². The van der Waals surface area contributed by atoms with Crippen molar-refractivity contribution >= 4 is 11.9 Å². The Morgan fingerprint density at radius 3 is 3.00 bits per heavy atom. The first-order valence-corrected chi connectivity index (χ1v) is 5.76. The van der Waals surface area contributed by atoms with Crippen LogP contribution in [0.25, 0.3) is 0 Å². The third-order valence-electron chi connectivity index (χ3n) is 3.48. The van der Waals surface area contributed by atoms with E-state index in [-0.39, 0.29) is 17.2 Å². The smallest absolute Gasteiger partial charge is 0.230 e. The number of carbonyl (C=O) groups is 1. The molecule has 1 fully saturated rings. The number of carbonyl (C=O) groups excluding carboxylic acids is 1. The normalized spacial score (nSPS) is 24.0. The Bertz CT molecular complexity index is 358. The molecule has 2 N–H and O–H groups in total. The molecule has 2 rings (SSSR count). The van der Waals surface area contributed by atoms with Gasteiger partial charge in [0.1, 0.15) is 6.33 Å². The SMILES string of the molecule is CC1(C)CCCCC1C(=O)Nc1ncn[nH]1. The van der Waals surface area contributed by atoms with Gasteiger partial charge in [0.15, 0.2) is 0 Å². The molecule has 1 heterocycles. The fourth-order valence-electron chi connectivity index (χ4n) is 2.45. The Labute approximate surface area is 95.0 Å². The average Bonchev–Trinajstić information content (AvgIpc) is 2.69. The van der Waals surface area contributed by atoms with Gasteiger partial charge in [-0.2, -0.15) is 10.1 Å². The molecule has 1 atom stereocenters. The highest BCUT2D eigenvalue weighted by Gasteiger charge is 2.37. The quantitative estimate of drug-likeness (QED) is 0.803. The third kappa shape index (κ3) is 2.23. The lowest BCUT2D eigenvalue weighted by Gasteiger charge is -2.37. The average molecular weight is 222 g/mol. The molecule has 1 amide bonds. The van der Waals surface area contributed by atoms with E-state index in [0.717, 1.165) is 19.3 Å². The highest BCUT2D eigenvalue weighted by molar-refractivity contribution is 5.91. The topological polar surface area (TPSA) is 70.7 Å². The number of hydrogen-bond acceptors (Lipinski definition) is 3. The predicted octanol–water partition coefficient (Wildman–Crippen LogP) is 1.96. The molecule has 0 spiro atoms. The Balaban J connectivity index is 2.03. The summed E-state index contributed by atoms with van der Waals surface area (Å²) in [6.45, 7) is 4.33. The van der Waals surface area contributed by atoms with Crippen LogP contribution in [0.1, 0.15) is 39.5 Å². The molecule has 5 nitrogen and oxygen atoms in total. The van der Waals surface area contributed by atoms with Gasteiger partial charge in [-0.05, 0) is 18.3 Å². The van der Waals surface area contributed by atoms with E-state index in [1.165, 1.54) is 12.7 Å². The fraction of sp³-hybridized carbons (Fsp3) is 0.727. The molecule has 88 valence electrons. The molecule has 0 bridgehead atoms. The predicted molar refractivity (Wildman–Crippen MR) is 60.8 cm³/mol. The molecule has 1 unspecified atom stereocenters. The number of nitrogens with one attached hydrogen (secondary N) is 2. The summed E-state index contributed by atoms with van der Waals surface area (Å²) < 4.78 is 0. The first-order valence-electron chi connectivity index (χ1n) is 5.76. The van der Waals surface area contributed by atoms with E-state index >= 15 is 0 Å². The summed E-state index contributed by atoms with van der Waals surface area (Å²) >= 11 is 0. The molecule has 1 aromatic rings. The zero-order valence-electron chi connectivity index (χ0n) is 9.79. The minimum Gasteiger partial charge on any atom is -0.295 e. The zero-order valence-corrected chi connectivity index (χ0v) is 9.79. The molecule has 0 radical (unpaired) electrons. The van der Waals surface area contributed by atoms with Gasteiger partial charge in [0, 0.05) is 5.92 Å². The summed E-state index contributed by atoms with van der Waals surface area (Å²) in [6.07, 6.45) is 5.83. The monoisotopic (exact) mass is 222 g/mol. The van der Waals surface area contributed by atoms with Crippen LogP contribution in [0, 0.1) is 11.3 Å². The second-order valence-corrected chi connectivity index (χ2v) is 5.11. The van der Waals surface area contributed by atoms with Crippen molar-refractivity contribution in [2.45, 2.75) is 39.5 Å². The Kier molecular flexibility index (Phi) is 2.94. The number of nitrogens with zero attached hydrogens (tertiary/aromatic N) is 2. The summed E-state index contributed by atoms with van der Waals surface area (Å²) in [5.41, 5.74) is 0.0857. The largest absolute Gasteiger partial charge is 0.295 e. The first kappa shape index (κ1) is 11.1. The maximum Gasteiger partial charge on any atom is 0.230 e. The maximum atomic E-state index is 12.1.